The zero-order valence-electron chi connectivity index (χ0n) is 38.6. The largest absolute Gasteiger partial charge is 0.496 e. The molecule has 324 valence electrons. The van der Waals surface area contributed by atoms with Crippen LogP contribution in [0.15, 0.2) is 170 Å². The molecular formula is C60H60O4. The minimum Gasteiger partial charge on any atom is -0.496 e. The van der Waals surface area contributed by atoms with Crippen LogP contribution in [0, 0.1) is 0 Å². The summed E-state index contributed by atoms with van der Waals surface area (Å²) in [6.07, 6.45) is 3.55. The average Bonchev–Trinajstić information content (AvgIpc) is 3.37. The Morgan fingerprint density at radius 3 is 0.594 bits per heavy atom. The first kappa shape index (κ1) is 45.0. The normalized spacial score (nSPS) is 10.8. The Morgan fingerprint density at radius 1 is 0.250 bits per heavy atom. The maximum Gasteiger partial charge on any atom is 0.127 e. The minimum atomic E-state index is 0.875. The fourth-order valence-corrected chi connectivity index (χ4v) is 9.30. The monoisotopic (exact) mass is 844 g/mol. The summed E-state index contributed by atoms with van der Waals surface area (Å²) in [5.74, 6) is 3.50. The lowest BCUT2D eigenvalue weighted by Crippen LogP contribution is -2.03. The predicted octanol–water partition coefficient (Wildman–Crippen LogP) is 15.7. The van der Waals surface area contributed by atoms with Gasteiger partial charge in [-0.25, -0.2) is 0 Å². The summed E-state index contributed by atoms with van der Waals surface area (Å²) in [6.45, 7) is 8.85. The van der Waals surface area contributed by atoms with Gasteiger partial charge in [0.05, 0.1) is 28.4 Å². The van der Waals surface area contributed by atoms with E-state index in [0.717, 1.165) is 70.9 Å². The van der Waals surface area contributed by atoms with Gasteiger partial charge in [-0.05, 0) is 117 Å². The molecule has 8 aromatic carbocycles. The lowest BCUT2D eigenvalue weighted by Gasteiger charge is -2.23. The molecule has 0 atom stereocenters. The Balaban J connectivity index is 0.000000191. The molecule has 4 nitrogen and oxygen atoms in total. The first-order valence-electron chi connectivity index (χ1n) is 22.5. The van der Waals surface area contributed by atoms with Crippen molar-refractivity contribution >= 4 is 0 Å². The third-order valence-electron chi connectivity index (χ3n) is 12.2. The van der Waals surface area contributed by atoms with Crippen molar-refractivity contribution in [2.24, 2.45) is 0 Å². The van der Waals surface area contributed by atoms with Crippen LogP contribution in [0.3, 0.4) is 0 Å². The standard InChI is InChI=1S/2C30H30O2/c2*1-5-23-25(21-13-9-7-10-14-21)17-19-27(31-3)29(23)30-24(6-2)26(18-20-28(30)32-4)22-15-11-8-12-16-22/h2*7-20H,5-6H2,1-4H3. The Bertz CT molecular complexity index is 2390. The third kappa shape index (κ3) is 9.05. The fourth-order valence-electron chi connectivity index (χ4n) is 9.30. The Labute approximate surface area is 381 Å². The van der Waals surface area contributed by atoms with Crippen molar-refractivity contribution in [3.63, 3.8) is 0 Å². The van der Waals surface area contributed by atoms with Crippen LogP contribution < -0.4 is 18.9 Å². The van der Waals surface area contributed by atoms with Crippen molar-refractivity contribution in [3.8, 4) is 89.8 Å². The fraction of sp³-hybridized carbons (Fsp3) is 0.200. The van der Waals surface area contributed by atoms with E-state index >= 15 is 0 Å². The molecule has 0 saturated carbocycles. The summed E-state index contributed by atoms with van der Waals surface area (Å²) in [7, 11) is 7.00. The highest BCUT2D eigenvalue weighted by atomic mass is 16.5. The smallest absolute Gasteiger partial charge is 0.127 e. The van der Waals surface area contributed by atoms with Crippen molar-refractivity contribution in [1.82, 2.24) is 0 Å². The molecule has 64 heavy (non-hydrogen) atoms. The molecular weight excluding hydrogens is 785 g/mol. The van der Waals surface area contributed by atoms with Crippen LogP contribution in [-0.4, -0.2) is 28.4 Å². The molecule has 0 saturated heterocycles. The Kier molecular flexibility index (Phi) is 15.0. The second kappa shape index (κ2) is 21.4. The van der Waals surface area contributed by atoms with Crippen molar-refractivity contribution in [2.45, 2.75) is 53.4 Å². The van der Waals surface area contributed by atoms with E-state index in [0.29, 0.717) is 0 Å². The number of hydrogen-bond acceptors (Lipinski definition) is 4. The van der Waals surface area contributed by atoms with Crippen molar-refractivity contribution in [2.75, 3.05) is 28.4 Å². The van der Waals surface area contributed by atoms with Gasteiger partial charge in [0.1, 0.15) is 23.0 Å². The maximum atomic E-state index is 5.92. The quantitative estimate of drug-likeness (QED) is 0.109. The molecule has 0 heterocycles. The molecule has 0 radical (unpaired) electrons. The molecule has 0 spiro atoms. The number of hydrogen-bond donors (Lipinski definition) is 0. The van der Waals surface area contributed by atoms with Crippen molar-refractivity contribution < 1.29 is 18.9 Å². The Morgan fingerprint density at radius 2 is 0.438 bits per heavy atom. The predicted molar refractivity (Wildman–Crippen MR) is 269 cm³/mol. The lowest BCUT2D eigenvalue weighted by atomic mass is 9.84. The number of methoxy groups -OCH3 is 4. The summed E-state index contributed by atoms with van der Waals surface area (Å²) in [5.41, 5.74) is 19.4. The highest BCUT2D eigenvalue weighted by molar-refractivity contribution is 5.92. The van der Waals surface area contributed by atoms with Crippen LogP contribution in [0.5, 0.6) is 23.0 Å². The van der Waals surface area contributed by atoms with Gasteiger partial charge in [0.15, 0.2) is 0 Å². The van der Waals surface area contributed by atoms with Gasteiger partial charge < -0.3 is 18.9 Å². The molecule has 4 heteroatoms. The van der Waals surface area contributed by atoms with Crippen LogP contribution in [0.4, 0.5) is 0 Å². The van der Waals surface area contributed by atoms with E-state index in [1.165, 1.54) is 66.8 Å². The molecule has 0 aliphatic rings. The van der Waals surface area contributed by atoms with Gasteiger partial charge in [-0.3, -0.25) is 0 Å². The summed E-state index contributed by atoms with van der Waals surface area (Å²) in [6, 6.07) is 59.4. The van der Waals surface area contributed by atoms with Gasteiger partial charge in [-0.2, -0.15) is 0 Å². The van der Waals surface area contributed by atoms with Crippen LogP contribution in [-0.2, 0) is 25.7 Å². The van der Waals surface area contributed by atoms with E-state index in [1.807, 2.05) is 0 Å². The number of benzene rings is 8. The summed E-state index contributed by atoms with van der Waals surface area (Å²) in [4.78, 5) is 0. The van der Waals surface area contributed by atoms with Crippen LogP contribution in [0.25, 0.3) is 66.8 Å². The van der Waals surface area contributed by atoms with Gasteiger partial charge >= 0.3 is 0 Å². The zero-order chi connectivity index (χ0) is 45.0. The summed E-state index contributed by atoms with van der Waals surface area (Å²) >= 11 is 0. The van der Waals surface area contributed by atoms with E-state index in [4.69, 9.17) is 18.9 Å². The van der Waals surface area contributed by atoms with Crippen LogP contribution in [0.2, 0.25) is 0 Å². The molecule has 0 amide bonds. The minimum absolute atomic E-state index is 0.875. The number of rotatable bonds is 14. The first-order chi connectivity index (χ1) is 31.5. The van der Waals surface area contributed by atoms with Crippen LogP contribution in [0.1, 0.15) is 49.9 Å². The molecule has 0 aromatic heterocycles. The third-order valence-corrected chi connectivity index (χ3v) is 12.2. The van der Waals surface area contributed by atoms with Gasteiger partial charge in [0.2, 0.25) is 0 Å². The lowest BCUT2D eigenvalue weighted by molar-refractivity contribution is 0.409. The molecule has 0 N–H and O–H groups in total. The molecule has 0 aliphatic carbocycles. The maximum absolute atomic E-state index is 5.92. The highest BCUT2D eigenvalue weighted by Crippen LogP contribution is 2.49. The molecule has 0 fully saturated rings. The zero-order valence-corrected chi connectivity index (χ0v) is 38.6. The molecule has 0 unspecified atom stereocenters. The first-order valence-corrected chi connectivity index (χ1v) is 22.5. The van der Waals surface area contributed by atoms with Gasteiger partial charge in [-0.1, -0.05) is 173 Å². The van der Waals surface area contributed by atoms with Gasteiger partial charge in [-0.15, -0.1) is 0 Å². The summed E-state index contributed by atoms with van der Waals surface area (Å²) in [5, 5.41) is 0. The Hall–Kier alpha value is -7.04. The summed E-state index contributed by atoms with van der Waals surface area (Å²) < 4.78 is 23.7. The van der Waals surface area contributed by atoms with Crippen molar-refractivity contribution in [1.29, 1.82) is 0 Å². The second-order valence-corrected chi connectivity index (χ2v) is 15.6. The molecule has 0 aliphatic heterocycles. The van der Waals surface area contributed by atoms with E-state index in [2.05, 4.69) is 198 Å². The van der Waals surface area contributed by atoms with Crippen molar-refractivity contribution in [3.05, 3.63) is 192 Å². The van der Waals surface area contributed by atoms with E-state index in [-0.39, 0.29) is 0 Å². The van der Waals surface area contributed by atoms with Gasteiger partial charge in [0, 0.05) is 22.3 Å². The number of ether oxygens (including phenoxy) is 4. The SMILES string of the molecule is CCc1c(-c2ccccc2)ccc(OC)c1-c1c(OC)ccc(-c2ccccc2)c1CC.CCc1c(-c2ccccc2)ccc(OC)c1-c1c(OC)ccc(-c2ccccc2)c1CC. The van der Waals surface area contributed by atoms with Crippen LogP contribution >= 0.6 is 0 Å². The average molecular weight is 845 g/mol. The van der Waals surface area contributed by atoms with Gasteiger partial charge in [0.25, 0.3) is 0 Å². The molecule has 8 aromatic rings. The molecule has 0 bridgehead atoms. The molecule has 8 rings (SSSR count). The van der Waals surface area contributed by atoms with E-state index in [1.54, 1.807) is 28.4 Å². The van der Waals surface area contributed by atoms with E-state index in [9.17, 15) is 0 Å². The van der Waals surface area contributed by atoms with E-state index < -0.39 is 0 Å². The topological polar surface area (TPSA) is 36.9 Å². The second-order valence-electron chi connectivity index (χ2n) is 15.6. The highest BCUT2D eigenvalue weighted by Gasteiger charge is 2.25.